The molecule has 0 spiro atoms. The number of carbonyl (C=O) groups is 2. The van der Waals surface area contributed by atoms with Crippen LogP contribution < -0.4 is 0 Å². The molecule has 86 valence electrons. The zero-order valence-corrected chi connectivity index (χ0v) is 10.5. The maximum atomic E-state index is 11.5. The summed E-state index contributed by atoms with van der Waals surface area (Å²) in [5.74, 6) is 0.145. The highest BCUT2D eigenvalue weighted by Crippen LogP contribution is 2.18. The Labute approximate surface area is 98.1 Å². The van der Waals surface area contributed by atoms with Gasteiger partial charge >= 0.3 is 6.09 Å². The molecule has 0 aromatic rings. The average Bonchev–Trinajstić information content (AvgIpc) is 2.28. The maximum Gasteiger partial charge on any atom is 0.409 e. The first kappa shape index (κ1) is 12.5. The van der Waals surface area contributed by atoms with E-state index in [2.05, 4.69) is 15.9 Å². The number of Topliss-reactive ketones (excluding diaryl/α,β-unsaturated/α-hetero) is 1. The fraction of sp³-hybridized carbons (Fsp3) is 0.800. The monoisotopic (exact) mass is 277 g/mol. The number of halogens is 1. The molecule has 1 rings (SSSR count). The van der Waals surface area contributed by atoms with Gasteiger partial charge in [-0.1, -0.05) is 15.9 Å². The molecule has 0 aliphatic carbocycles. The van der Waals surface area contributed by atoms with E-state index >= 15 is 0 Å². The van der Waals surface area contributed by atoms with Crippen molar-refractivity contribution in [3.8, 4) is 0 Å². The lowest BCUT2D eigenvalue weighted by Gasteiger charge is -2.30. The van der Waals surface area contributed by atoms with Crippen molar-refractivity contribution in [3.63, 3.8) is 0 Å². The van der Waals surface area contributed by atoms with Crippen LogP contribution in [-0.2, 0) is 9.53 Å². The number of alkyl halides is 1. The minimum atomic E-state index is -0.301. The van der Waals surface area contributed by atoms with Gasteiger partial charge in [-0.25, -0.2) is 4.79 Å². The van der Waals surface area contributed by atoms with Gasteiger partial charge in [-0.15, -0.1) is 0 Å². The quantitative estimate of drug-likeness (QED) is 0.740. The highest BCUT2D eigenvalue weighted by Gasteiger charge is 2.28. The van der Waals surface area contributed by atoms with Crippen LogP contribution in [0.15, 0.2) is 0 Å². The molecule has 0 bridgehead atoms. The molecule has 0 radical (unpaired) electrons. The molecule has 0 aromatic heterocycles. The molecule has 1 saturated heterocycles. The Balaban J connectivity index is 2.48. The minimum absolute atomic E-state index is 0.0254. The number of amides is 1. The second-order valence-electron chi connectivity index (χ2n) is 3.58. The Morgan fingerprint density at radius 2 is 2.27 bits per heavy atom. The molecule has 1 atom stereocenters. The van der Waals surface area contributed by atoms with Gasteiger partial charge in [0.2, 0.25) is 0 Å². The zero-order valence-electron chi connectivity index (χ0n) is 8.87. The second kappa shape index (κ2) is 6.10. The van der Waals surface area contributed by atoms with Crippen LogP contribution in [0.5, 0.6) is 0 Å². The average molecular weight is 278 g/mol. The van der Waals surface area contributed by atoms with E-state index in [1.165, 1.54) is 0 Å². The summed E-state index contributed by atoms with van der Waals surface area (Å²) >= 11 is 3.15. The number of ether oxygens (including phenoxy) is 1. The topological polar surface area (TPSA) is 46.6 Å². The van der Waals surface area contributed by atoms with Crippen molar-refractivity contribution in [1.82, 2.24) is 4.90 Å². The van der Waals surface area contributed by atoms with Gasteiger partial charge in [0, 0.05) is 19.0 Å². The summed E-state index contributed by atoms with van der Waals surface area (Å²) < 4.78 is 4.91. The smallest absolute Gasteiger partial charge is 0.409 e. The van der Waals surface area contributed by atoms with Crippen LogP contribution in [0.4, 0.5) is 4.79 Å². The summed E-state index contributed by atoms with van der Waals surface area (Å²) in [6, 6.07) is 0. The van der Waals surface area contributed by atoms with Crippen LogP contribution in [0.25, 0.3) is 0 Å². The van der Waals surface area contributed by atoms with Crippen molar-refractivity contribution >= 4 is 27.8 Å². The van der Waals surface area contributed by atoms with E-state index in [1.54, 1.807) is 11.8 Å². The van der Waals surface area contributed by atoms with E-state index in [0.29, 0.717) is 25.0 Å². The SMILES string of the molecule is CCOC(=O)N1CCCC(C(=O)CBr)C1. The summed E-state index contributed by atoms with van der Waals surface area (Å²) in [4.78, 5) is 24.5. The van der Waals surface area contributed by atoms with Crippen LogP contribution in [0.3, 0.4) is 0 Å². The molecule has 15 heavy (non-hydrogen) atoms. The van der Waals surface area contributed by atoms with Crippen LogP contribution in [-0.4, -0.2) is 41.8 Å². The van der Waals surface area contributed by atoms with Gasteiger partial charge in [0.25, 0.3) is 0 Å². The maximum absolute atomic E-state index is 11.5. The van der Waals surface area contributed by atoms with Gasteiger partial charge in [-0.05, 0) is 19.8 Å². The first-order chi connectivity index (χ1) is 7.19. The number of ketones is 1. The van der Waals surface area contributed by atoms with Crippen molar-refractivity contribution in [2.45, 2.75) is 19.8 Å². The molecule has 1 heterocycles. The molecular formula is C10H16BrNO3. The largest absolute Gasteiger partial charge is 0.450 e. The second-order valence-corrected chi connectivity index (χ2v) is 4.14. The summed E-state index contributed by atoms with van der Waals surface area (Å²) in [6.07, 6.45) is 1.45. The van der Waals surface area contributed by atoms with E-state index in [1.807, 2.05) is 0 Å². The summed E-state index contributed by atoms with van der Waals surface area (Å²) in [5.41, 5.74) is 0. The van der Waals surface area contributed by atoms with E-state index in [4.69, 9.17) is 4.74 Å². The lowest BCUT2D eigenvalue weighted by Crippen LogP contribution is -2.42. The van der Waals surface area contributed by atoms with Crippen LogP contribution >= 0.6 is 15.9 Å². The molecule has 1 unspecified atom stereocenters. The molecular weight excluding hydrogens is 262 g/mol. The molecule has 0 N–H and O–H groups in total. The predicted octanol–water partition coefficient (Wildman–Crippen LogP) is 1.82. The molecule has 0 saturated carbocycles. The minimum Gasteiger partial charge on any atom is -0.450 e. The van der Waals surface area contributed by atoms with Crippen LogP contribution in [0.1, 0.15) is 19.8 Å². The number of piperidine rings is 1. The molecule has 0 aromatic carbocycles. The molecule has 1 amide bonds. The Bertz CT molecular complexity index is 245. The zero-order chi connectivity index (χ0) is 11.3. The Kier molecular flexibility index (Phi) is 5.08. The molecule has 1 aliphatic heterocycles. The van der Waals surface area contributed by atoms with Crippen molar-refractivity contribution in [2.75, 3.05) is 25.0 Å². The van der Waals surface area contributed by atoms with Gasteiger partial charge in [-0.3, -0.25) is 4.79 Å². The number of nitrogens with zero attached hydrogens (tertiary/aromatic N) is 1. The van der Waals surface area contributed by atoms with E-state index in [0.717, 1.165) is 12.8 Å². The number of hydrogen-bond acceptors (Lipinski definition) is 3. The summed E-state index contributed by atoms with van der Waals surface area (Å²) in [7, 11) is 0. The third kappa shape index (κ3) is 3.48. The van der Waals surface area contributed by atoms with Crippen molar-refractivity contribution in [2.24, 2.45) is 5.92 Å². The fourth-order valence-electron chi connectivity index (χ4n) is 1.73. The molecule has 4 nitrogen and oxygen atoms in total. The highest BCUT2D eigenvalue weighted by atomic mass is 79.9. The fourth-order valence-corrected chi connectivity index (χ4v) is 2.19. The lowest BCUT2D eigenvalue weighted by atomic mass is 9.95. The van der Waals surface area contributed by atoms with Crippen molar-refractivity contribution in [3.05, 3.63) is 0 Å². The van der Waals surface area contributed by atoms with Gasteiger partial charge in [0.15, 0.2) is 0 Å². The number of carbonyl (C=O) groups excluding carboxylic acids is 2. The van der Waals surface area contributed by atoms with Crippen molar-refractivity contribution in [1.29, 1.82) is 0 Å². The van der Waals surface area contributed by atoms with Crippen LogP contribution in [0.2, 0.25) is 0 Å². The summed E-state index contributed by atoms with van der Waals surface area (Å²) in [6.45, 7) is 3.36. The predicted molar refractivity (Wildman–Crippen MR) is 60.1 cm³/mol. The van der Waals surface area contributed by atoms with Crippen molar-refractivity contribution < 1.29 is 14.3 Å². The molecule has 1 aliphatic rings. The number of hydrogen-bond donors (Lipinski definition) is 0. The van der Waals surface area contributed by atoms with Gasteiger partial charge in [0.05, 0.1) is 11.9 Å². The van der Waals surface area contributed by atoms with Gasteiger partial charge in [0.1, 0.15) is 5.78 Å². The Morgan fingerprint density at radius 3 is 2.87 bits per heavy atom. The van der Waals surface area contributed by atoms with E-state index in [-0.39, 0.29) is 17.8 Å². The molecule has 1 fully saturated rings. The third-order valence-corrected chi connectivity index (χ3v) is 3.09. The Morgan fingerprint density at radius 1 is 1.53 bits per heavy atom. The van der Waals surface area contributed by atoms with E-state index < -0.39 is 0 Å². The Hall–Kier alpha value is -0.580. The number of likely N-dealkylation sites (tertiary alicyclic amines) is 1. The van der Waals surface area contributed by atoms with Gasteiger partial charge in [-0.2, -0.15) is 0 Å². The lowest BCUT2D eigenvalue weighted by molar-refractivity contribution is -0.121. The molecule has 5 heteroatoms. The normalized spacial score (nSPS) is 21.2. The van der Waals surface area contributed by atoms with Crippen LogP contribution in [0, 0.1) is 5.92 Å². The van der Waals surface area contributed by atoms with Gasteiger partial charge < -0.3 is 9.64 Å². The highest BCUT2D eigenvalue weighted by molar-refractivity contribution is 9.09. The van der Waals surface area contributed by atoms with E-state index in [9.17, 15) is 9.59 Å². The standard InChI is InChI=1S/C10H16BrNO3/c1-2-15-10(14)12-5-3-4-8(7-12)9(13)6-11/h8H,2-7H2,1H3. The third-order valence-electron chi connectivity index (χ3n) is 2.53. The number of rotatable bonds is 3. The summed E-state index contributed by atoms with van der Waals surface area (Å²) in [5, 5.41) is 0.369. The first-order valence-corrected chi connectivity index (χ1v) is 6.31. The first-order valence-electron chi connectivity index (χ1n) is 5.19.